The van der Waals surface area contributed by atoms with Crippen LogP contribution in [-0.4, -0.2) is 16.3 Å². The molecule has 1 heterocycles. The summed E-state index contributed by atoms with van der Waals surface area (Å²) in [5.41, 5.74) is 1.19. The Morgan fingerprint density at radius 3 is 2.72 bits per heavy atom. The number of hydrogen-bond acceptors (Lipinski definition) is 2. The molecular weight excluding hydrogens is 246 g/mol. The summed E-state index contributed by atoms with van der Waals surface area (Å²) in [6.07, 6.45) is 8.49. The molecule has 0 bridgehead atoms. The summed E-state index contributed by atoms with van der Waals surface area (Å²) in [6, 6.07) is 0.366. The maximum absolute atomic E-state index is 6.35. The van der Waals surface area contributed by atoms with Gasteiger partial charge in [0.05, 0.1) is 23.0 Å². The molecule has 18 heavy (non-hydrogen) atoms. The van der Waals surface area contributed by atoms with Crippen LogP contribution >= 0.6 is 11.6 Å². The van der Waals surface area contributed by atoms with Crippen molar-refractivity contribution < 1.29 is 0 Å². The minimum atomic E-state index is 0.366. The summed E-state index contributed by atoms with van der Waals surface area (Å²) in [5, 5.41) is 8.82. The van der Waals surface area contributed by atoms with Gasteiger partial charge in [-0.15, -0.1) is 0 Å². The van der Waals surface area contributed by atoms with Crippen molar-refractivity contribution in [1.29, 1.82) is 0 Å². The molecule has 2 rings (SSSR count). The average molecular weight is 270 g/mol. The highest BCUT2D eigenvalue weighted by Gasteiger charge is 2.28. The van der Waals surface area contributed by atoms with Gasteiger partial charge in [-0.1, -0.05) is 37.8 Å². The Hall–Kier alpha value is -0.540. The van der Waals surface area contributed by atoms with E-state index < -0.39 is 0 Å². The van der Waals surface area contributed by atoms with Crippen molar-refractivity contribution in [3.05, 3.63) is 16.9 Å². The summed E-state index contributed by atoms with van der Waals surface area (Å²) in [4.78, 5) is 0. The first-order valence-electron chi connectivity index (χ1n) is 7.22. The van der Waals surface area contributed by atoms with Gasteiger partial charge in [-0.25, -0.2) is 0 Å². The molecule has 1 fully saturated rings. The molecule has 0 aliphatic heterocycles. The lowest BCUT2D eigenvalue weighted by molar-refractivity contribution is 0.264. The van der Waals surface area contributed by atoms with Crippen molar-refractivity contribution in [2.24, 2.45) is 5.92 Å². The van der Waals surface area contributed by atoms with Crippen LogP contribution in [0.4, 0.5) is 0 Å². The first-order valence-corrected chi connectivity index (χ1v) is 7.60. The third kappa shape index (κ3) is 2.89. The number of aromatic nitrogens is 2. The summed E-state index contributed by atoms with van der Waals surface area (Å²) in [7, 11) is 0. The zero-order valence-electron chi connectivity index (χ0n) is 11.5. The van der Waals surface area contributed by atoms with E-state index in [9.17, 15) is 0 Å². The predicted molar refractivity (Wildman–Crippen MR) is 75.9 cm³/mol. The topological polar surface area (TPSA) is 29.9 Å². The molecule has 1 aliphatic carbocycles. The molecule has 0 radical (unpaired) electrons. The van der Waals surface area contributed by atoms with Crippen LogP contribution in [0.5, 0.6) is 0 Å². The van der Waals surface area contributed by atoms with E-state index in [1.165, 1.54) is 37.8 Å². The second-order valence-electron chi connectivity index (χ2n) is 5.13. The fourth-order valence-electron chi connectivity index (χ4n) is 3.11. The maximum atomic E-state index is 6.35. The Morgan fingerprint density at radius 2 is 2.11 bits per heavy atom. The summed E-state index contributed by atoms with van der Waals surface area (Å²) in [5.74, 6) is 0.707. The zero-order valence-corrected chi connectivity index (χ0v) is 12.2. The van der Waals surface area contributed by atoms with Crippen LogP contribution in [-0.2, 0) is 6.54 Å². The smallest absolute Gasteiger partial charge is 0.0834 e. The van der Waals surface area contributed by atoms with Gasteiger partial charge in [-0.3, -0.25) is 4.68 Å². The summed E-state index contributed by atoms with van der Waals surface area (Å²) in [6.45, 7) is 6.15. The normalized spacial score (nSPS) is 19.1. The van der Waals surface area contributed by atoms with Crippen molar-refractivity contribution in [3.63, 3.8) is 0 Å². The molecule has 1 aromatic rings. The lowest BCUT2D eigenvalue weighted by atomic mass is 9.82. The molecule has 1 N–H and O–H groups in total. The number of nitrogens with one attached hydrogen (secondary N) is 1. The minimum absolute atomic E-state index is 0.366. The molecule has 0 aromatic carbocycles. The van der Waals surface area contributed by atoms with Crippen LogP contribution in [0, 0.1) is 5.92 Å². The molecule has 1 aromatic heterocycles. The largest absolute Gasteiger partial charge is 0.309 e. The van der Waals surface area contributed by atoms with Gasteiger partial charge in [0.2, 0.25) is 0 Å². The maximum Gasteiger partial charge on any atom is 0.0834 e. The molecule has 4 heteroatoms. The monoisotopic (exact) mass is 269 g/mol. The third-order valence-corrected chi connectivity index (χ3v) is 4.26. The lowest BCUT2D eigenvalue weighted by Crippen LogP contribution is -2.31. The fourth-order valence-corrected chi connectivity index (χ4v) is 3.37. The number of nitrogens with zero attached hydrogens (tertiary/aromatic N) is 2. The van der Waals surface area contributed by atoms with Crippen LogP contribution < -0.4 is 5.32 Å². The third-order valence-electron chi connectivity index (χ3n) is 3.97. The SMILES string of the molecule is CCNC(c1c(Cl)cnn1CC)C1CCCCC1. The molecule has 102 valence electrons. The van der Waals surface area contributed by atoms with Gasteiger partial charge in [0, 0.05) is 6.54 Å². The summed E-state index contributed by atoms with van der Waals surface area (Å²) < 4.78 is 2.05. The van der Waals surface area contributed by atoms with E-state index in [-0.39, 0.29) is 0 Å². The molecule has 0 amide bonds. The van der Waals surface area contributed by atoms with Crippen LogP contribution in [0.25, 0.3) is 0 Å². The highest BCUT2D eigenvalue weighted by atomic mass is 35.5. The van der Waals surface area contributed by atoms with Gasteiger partial charge >= 0.3 is 0 Å². The van der Waals surface area contributed by atoms with Crippen LogP contribution in [0.1, 0.15) is 57.7 Å². The van der Waals surface area contributed by atoms with E-state index in [2.05, 4.69) is 24.3 Å². The standard InChI is InChI=1S/C14H24ClN3/c1-3-16-13(11-8-6-5-7-9-11)14-12(15)10-17-18(14)4-2/h10-11,13,16H,3-9H2,1-2H3. The Balaban J connectivity index is 2.24. The average Bonchev–Trinajstić information content (AvgIpc) is 2.78. The first-order chi connectivity index (χ1) is 8.77. The number of hydrogen-bond donors (Lipinski definition) is 1. The second-order valence-corrected chi connectivity index (χ2v) is 5.53. The first kappa shape index (κ1) is 13.9. The van der Waals surface area contributed by atoms with E-state index in [4.69, 9.17) is 11.6 Å². The molecule has 1 saturated carbocycles. The Kier molecular flexibility index (Phi) is 5.07. The van der Waals surface area contributed by atoms with Crippen molar-refractivity contribution in [2.75, 3.05) is 6.54 Å². The molecule has 1 atom stereocenters. The van der Waals surface area contributed by atoms with E-state index in [0.29, 0.717) is 12.0 Å². The Labute approximate surface area is 115 Å². The van der Waals surface area contributed by atoms with Crippen molar-refractivity contribution >= 4 is 11.6 Å². The quantitative estimate of drug-likeness (QED) is 0.881. The fraction of sp³-hybridized carbons (Fsp3) is 0.786. The van der Waals surface area contributed by atoms with Gasteiger partial charge in [-0.05, 0) is 32.2 Å². The summed E-state index contributed by atoms with van der Waals surface area (Å²) >= 11 is 6.35. The molecule has 1 unspecified atom stereocenters. The Morgan fingerprint density at radius 1 is 1.39 bits per heavy atom. The van der Waals surface area contributed by atoms with Crippen molar-refractivity contribution in [1.82, 2.24) is 15.1 Å². The van der Waals surface area contributed by atoms with E-state index >= 15 is 0 Å². The van der Waals surface area contributed by atoms with Crippen LogP contribution in [0.3, 0.4) is 0 Å². The molecule has 0 saturated heterocycles. The second kappa shape index (κ2) is 6.58. The number of rotatable bonds is 5. The molecule has 3 nitrogen and oxygen atoms in total. The van der Waals surface area contributed by atoms with Gasteiger partial charge < -0.3 is 5.32 Å². The lowest BCUT2D eigenvalue weighted by Gasteiger charge is -2.31. The number of halogens is 1. The minimum Gasteiger partial charge on any atom is -0.309 e. The Bertz CT molecular complexity index is 369. The molecule has 0 spiro atoms. The zero-order chi connectivity index (χ0) is 13.0. The van der Waals surface area contributed by atoms with Gasteiger partial charge in [0.1, 0.15) is 0 Å². The van der Waals surface area contributed by atoms with E-state index in [1.807, 2.05) is 4.68 Å². The molecule has 1 aliphatic rings. The number of aryl methyl sites for hydroxylation is 1. The van der Waals surface area contributed by atoms with E-state index in [0.717, 1.165) is 18.1 Å². The van der Waals surface area contributed by atoms with E-state index in [1.54, 1.807) is 6.20 Å². The van der Waals surface area contributed by atoms with Crippen molar-refractivity contribution in [2.45, 2.75) is 58.5 Å². The van der Waals surface area contributed by atoms with Crippen molar-refractivity contribution in [3.8, 4) is 0 Å². The van der Waals surface area contributed by atoms with Gasteiger partial charge in [0.25, 0.3) is 0 Å². The van der Waals surface area contributed by atoms with Gasteiger partial charge in [0.15, 0.2) is 0 Å². The van der Waals surface area contributed by atoms with Gasteiger partial charge in [-0.2, -0.15) is 5.10 Å². The molecular formula is C14H24ClN3. The van der Waals surface area contributed by atoms with Crippen LogP contribution in [0.2, 0.25) is 5.02 Å². The predicted octanol–water partition coefficient (Wildman–Crippen LogP) is 3.79. The van der Waals surface area contributed by atoms with Crippen LogP contribution in [0.15, 0.2) is 6.20 Å². The highest BCUT2D eigenvalue weighted by molar-refractivity contribution is 6.31. The highest BCUT2D eigenvalue weighted by Crippen LogP contribution is 2.36.